The minimum absolute atomic E-state index is 0.0145. The quantitative estimate of drug-likeness (QED) is 0.435. The molecular formula is C27H22N4O2. The Labute approximate surface area is 190 Å². The topological polar surface area (TPSA) is 71.1 Å². The molecule has 0 radical (unpaired) electrons. The monoisotopic (exact) mass is 434 g/mol. The molecule has 1 amide bonds. The van der Waals surface area contributed by atoms with Crippen molar-refractivity contribution >= 4 is 27.6 Å². The van der Waals surface area contributed by atoms with Gasteiger partial charge in [0.05, 0.1) is 42.3 Å². The first kappa shape index (κ1) is 19.5. The molecule has 162 valence electrons. The van der Waals surface area contributed by atoms with Crippen LogP contribution in [-0.4, -0.2) is 39.6 Å². The van der Waals surface area contributed by atoms with Crippen molar-refractivity contribution in [3.8, 4) is 17.0 Å². The number of carbonyl (C=O) groups excluding carboxylic acids is 1. The van der Waals surface area contributed by atoms with Gasteiger partial charge in [0, 0.05) is 17.5 Å². The van der Waals surface area contributed by atoms with E-state index in [1.165, 1.54) is 5.56 Å². The van der Waals surface area contributed by atoms with Gasteiger partial charge in [-0.3, -0.25) is 9.89 Å². The van der Waals surface area contributed by atoms with E-state index in [9.17, 15) is 4.79 Å². The lowest BCUT2D eigenvalue weighted by atomic mass is 10.00. The second kappa shape index (κ2) is 7.74. The van der Waals surface area contributed by atoms with Crippen LogP contribution >= 0.6 is 0 Å². The Morgan fingerprint density at radius 2 is 1.88 bits per heavy atom. The number of nitrogens with zero attached hydrogens (tertiary/aromatic N) is 3. The van der Waals surface area contributed by atoms with E-state index in [0.29, 0.717) is 18.7 Å². The molecule has 1 N–H and O–H groups in total. The average Bonchev–Trinajstić information content (AvgIpc) is 3.35. The molecule has 0 saturated carbocycles. The molecule has 33 heavy (non-hydrogen) atoms. The predicted octanol–water partition coefficient (Wildman–Crippen LogP) is 4.99. The molecule has 0 saturated heterocycles. The lowest BCUT2D eigenvalue weighted by Crippen LogP contribution is -2.36. The number of aromatic amines is 1. The van der Waals surface area contributed by atoms with Gasteiger partial charge < -0.3 is 9.64 Å². The summed E-state index contributed by atoms with van der Waals surface area (Å²) in [7, 11) is 1.67. The number of amides is 1. The summed E-state index contributed by atoms with van der Waals surface area (Å²) in [6.07, 6.45) is 2.66. The van der Waals surface area contributed by atoms with Crippen LogP contribution in [-0.2, 0) is 13.0 Å². The van der Waals surface area contributed by atoms with E-state index in [-0.39, 0.29) is 5.91 Å². The van der Waals surface area contributed by atoms with Gasteiger partial charge in [0.25, 0.3) is 5.91 Å². The van der Waals surface area contributed by atoms with Crippen LogP contribution in [0.15, 0.2) is 72.9 Å². The number of pyridine rings is 1. The van der Waals surface area contributed by atoms with E-state index in [1.54, 1.807) is 7.11 Å². The molecule has 0 aliphatic carbocycles. The summed E-state index contributed by atoms with van der Waals surface area (Å²) in [5.41, 5.74) is 5.45. The van der Waals surface area contributed by atoms with Crippen molar-refractivity contribution in [1.29, 1.82) is 0 Å². The Bertz CT molecular complexity index is 1520. The maximum Gasteiger partial charge on any atom is 0.254 e. The molecule has 5 aromatic rings. The first-order valence-corrected chi connectivity index (χ1v) is 11.0. The Balaban J connectivity index is 1.44. The van der Waals surface area contributed by atoms with Gasteiger partial charge >= 0.3 is 0 Å². The van der Waals surface area contributed by atoms with Crippen LogP contribution < -0.4 is 4.74 Å². The van der Waals surface area contributed by atoms with Crippen LogP contribution in [0.25, 0.3) is 32.9 Å². The van der Waals surface area contributed by atoms with Crippen molar-refractivity contribution in [2.24, 2.45) is 0 Å². The van der Waals surface area contributed by atoms with Crippen molar-refractivity contribution < 1.29 is 9.53 Å². The molecular weight excluding hydrogens is 412 g/mol. The van der Waals surface area contributed by atoms with E-state index in [4.69, 9.17) is 9.72 Å². The molecule has 1 aliphatic heterocycles. The fraction of sp³-hybridized carbons (Fsp3) is 0.148. The van der Waals surface area contributed by atoms with Crippen LogP contribution in [0.3, 0.4) is 0 Å². The molecule has 6 heteroatoms. The lowest BCUT2D eigenvalue weighted by molar-refractivity contribution is 0.0734. The minimum atomic E-state index is 0.0145. The number of H-pyrrole nitrogens is 1. The lowest BCUT2D eigenvalue weighted by Gasteiger charge is -2.27. The minimum Gasteiger partial charge on any atom is -0.497 e. The molecule has 6 nitrogen and oxygen atoms in total. The van der Waals surface area contributed by atoms with Crippen LogP contribution in [0.5, 0.6) is 5.75 Å². The summed E-state index contributed by atoms with van der Waals surface area (Å²) in [6.45, 7) is 1.22. The third kappa shape index (κ3) is 3.40. The van der Waals surface area contributed by atoms with Crippen LogP contribution in [0, 0.1) is 0 Å². The van der Waals surface area contributed by atoms with E-state index >= 15 is 0 Å². The molecule has 3 aromatic carbocycles. The largest absolute Gasteiger partial charge is 0.497 e. The van der Waals surface area contributed by atoms with E-state index in [0.717, 1.165) is 50.8 Å². The van der Waals surface area contributed by atoms with Gasteiger partial charge in [-0.05, 0) is 53.1 Å². The zero-order chi connectivity index (χ0) is 22.4. The highest BCUT2D eigenvalue weighted by Gasteiger charge is 2.25. The highest BCUT2D eigenvalue weighted by Crippen LogP contribution is 2.30. The summed E-state index contributed by atoms with van der Waals surface area (Å²) < 4.78 is 5.34. The fourth-order valence-corrected chi connectivity index (χ4v) is 4.57. The third-order valence-electron chi connectivity index (χ3n) is 6.38. The molecule has 0 atom stereocenters. The van der Waals surface area contributed by atoms with Gasteiger partial charge in [-0.15, -0.1) is 0 Å². The number of carbonyl (C=O) groups is 1. The van der Waals surface area contributed by atoms with E-state index in [2.05, 4.69) is 22.3 Å². The van der Waals surface area contributed by atoms with Gasteiger partial charge in [-0.25, -0.2) is 4.98 Å². The number of ether oxygens (including phenoxy) is 1. The number of fused-ring (bicyclic) bond motifs is 3. The highest BCUT2D eigenvalue weighted by atomic mass is 16.5. The summed E-state index contributed by atoms with van der Waals surface area (Å²) in [5, 5.41) is 10.2. The molecule has 0 bridgehead atoms. The maximum atomic E-state index is 13.7. The van der Waals surface area contributed by atoms with Crippen molar-refractivity contribution in [1.82, 2.24) is 20.1 Å². The summed E-state index contributed by atoms with van der Waals surface area (Å²) in [4.78, 5) is 20.4. The molecule has 1 aliphatic rings. The molecule has 0 fully saturated rings. The first-order chi connectivity index (χ1) is 16.2. The zero-order valence-electron chi connectivity index (χ0n) is 18.2. The Morgan fingerprint density at radius 1 is 1.03 bits per heavy atom. The molecule has 3 heterocycles. The van der Waals surface area contributed by atoms with Crippen molar-refractivity contribution in [3.05, 3.63) is 89.7 Å². The Hall–Kier alpha value is -4.19. The smallest absolute Gasteiger partial charge is 0.254 e. The molecule has 0 unspecified atom stereocenters. The molecule has 0 spiro atoms. The average molecular weight is 434 g/mol. The van der Waals surface area contributed by atoms with E-state index < -0.39 is 0 Å². The second-order valence-corrected chi connectivity index (χ2v) is 8.35. The SMILES string of the molecule is COc1ccc2cc(-c3cc(C(=O)N4CCc5cn[nH]c5C4)c4ccccc4n3)ccc2c1. The normalized spacial score (nSPS) is 13.3. The van der Waals surface area contributed by atoms with Gasteiger partial charge in [0.15, 0.2) is 0 Å². The first-order valence-electron chi connectivity index (χ1n) is 11.0. The van der Waals surface area contributed by atoms with Gasteiger partial charge in [0.2, 0.25) is 0 Å². The summed E-state index contributed by atoms with van der Waals surface area (Å²) in [6, 6.07) is 22.0. The summed E-state index contributed by atoms with van der Waals surface area (Å²) in [5.74, 6) is 0.842. The van der Waals surface area contributed by atoms with Crippen molar-refractivity contribution in [2.45, 2.75) is 13.0 Å². The number of methoxy groups -OCH3 is 1. The van der Waals surface area contributed by atoms with Crippen LogP contribution in [0.1, 0.15) is 21.6 Å². The fourth-order valence-electron chi connectivity index (χ4n) is 4.57. The number of para-hydroxylation sites is 1. The number of benzene rings is 3. The van der Waals surface area contributed by atoms with Crippen molar-refractivity contribution in [2.75, 3.05) is 13.7 Å². The van der Waals surface area contributed by atoms with Gasteiger partial charge in [-0.2, -0.15) is 5.10 Å². The second-order valence-electron chi connectivity index (χ2n) is 8.35. The standard InChI is InChI=1S/C27H22N4O2/c1-33-21-9-8-17-12-19(7-6-18(17)13-21)25-14-23(22-4-2-3-5-24(22)29-25)27(32)31-11-10-20-15-28-30-26(20)16-31/h2-9,12-15H,10-11,16H2,1H3,(H,28,30). The number of hydrogen-bond donors (Lipinski definition) is 1. The predicted molar refractivity (Wildman–Crippen MR) is 128 cm³/mol. The third-order valence-corrected chi connectivity index (χ3v) is 6.38. The summed E-state index contributed by atoms with van der Waals surface area (Å²) >= 11 is 0. The Kier molecular flexibility index (Phi) is 4.57. The van der Waals surface area contributed by atoms with Crippen LogP contribution in [0.4, 0.5) is 0 Å². The number of nitrogens with one attached hydrogen (secondary N) is 1. The highest BCUT2D eigenvalue weighted by molar-refractivity contribution is 6.07. The van der Waals surface area contributed by atoms with Crippen LogP contribution in [0.2, 0.25) is 0 Å². The Morgan fingerprint density at radius 3 is 2.79 bits per heavy atom. The maximum absolute atomic E-state index is 13.7. The number of hydrogen-bond acceptors (Lipinski definition) is 4. The van der Waals surface area contributed by atoms with E-state index in [1.807, 2.05) is 65.7 Å². The number of rotatable bonds is 3. The molecule has 6 rings (SSSR count). The van der Waals surface area contributed by atoms with Crippen molar-refractivity contribution in [3.63, 3.8) is 0 Å². The molecule has 2 aromatic heterocycles. The van der Waals surface area contributed by atoms with Gasteiger partial charge in [-0.1, -0.05) is 36.4 Å². The number of aromatic nitrogens is 3. The zero-order valence-corrected chi connectivity index (χ0v) is 18.2. The van der Waals surface area contributed by atoms with Gasteiger partial charge in [0.1, 0.15) is 5.75 Å².